The Morgan fingerprint density at radius 1 is 1.18 bits per heavy atom. The number of carbonyl (C=O) groups is 3. The molecule has 1 aromatic carbocycles. The molecule has 0 fully saturated rings. The van der Waals surface area contributed by atoms with Crippen molar-refractivity contribution in [3.63, 3.8) is 0 Å². The van der Waals surface area contributed by atoms with Crippen molar-refractivity contribution >= 4 is 23.5 Å². The van der Waals surface area contributed by atoms with Gasteiger partial charge in [-0.25, -0.2) is 0 Å². The molecule has 2 aromatic rings. The number of hydrogen-bond donors (Lipinski definition) is 3. The summed E-state index contributed by atoms with van der Waals surface area (Å²) in [6, 6.07) is 7.36. The second-order valence-corrected chi connectivity index (χ2v) is 8.60. The minimum absolute atomic E-state index is 0.0722. The zero-order chi connectivity index (χ0) is 24.6. The molecule has 0 aliphatic heterocycles. The smallest absolute Gasteiger partial charge is 0.247 e. The summed E-state index contributed by atoms with van der Waals surface area (Å²) >= 11 is 0. The lowest BCUT2D eigenvalue weighted by Gasteiger charge is -2.33. The summed E-state index contributed by atoms with van der Waals surface area (Å²) in [6.45, 7) is 6.79. The van der Waals surface area contributed by atoms with Crippen molar-refractivity contribution in [2.45, 2.75) is 52.1 Å². The molecule has 0 saturated carbocycles. The van der Waals surface area contributed by atoms with Crippen LogP contribution in [0.4, 0.5) is 5.82 Å². The third kappa shape index (κ3) is 7.90. The number of rotatable bonds is 10. The van der Waals surface area contributed by atoms with Crippen molar-refractivity contribution in [2.24, 2.45) is 0 Å². The van der Waals surface area contributed by atoms with Crippen molar-refractivity contribution in [1.82, 2.24) is 15.4 Å². The monoisotopic (exact) mass is 460 g/mol. The van der Waals surface area contributed by atoms with Crippen LogP contribution in [0, 0.1) is 6.92 Å². The molecule has 3 N–H and O–H groups in total. The fourth-order valence-electron chi connectivity index (χ4n) is 3.20. The van der Waals surface area contributed by atoms with Crippen molar-refractivity contribution in [2.75, 3.05) is 25.6 Å². The summed E-state index contributed by atoms with van der Waals surface area (Å²) in [4.78, 5) is 39.8. The Balaban J connectivity index is 2.21. The number of methoxy groups -OCH3 is 1. The van der Waals surface area contributed by atoms with Crippen LogP contribution in [0.1, 0.15) is 51.0 Å². The number of benzene rings is 1. The molecular weight excluding hydrogens is 428 g/mol. The van der Waals surface area contributed by atoms with Gasteiger partial charge >= 0.3 is 0 Å². The molecule has 0 bridgehead atoms. The number of aliphatic hydroxyl groups excluding tert-OH is 1. The number of carbonyl (C=O) groups excluding carboxylic acids is 3. The van der Waals surface area contributed by atoms with Gasteiger partial charge in [0, 0.05) is 31.0 Å². The van der Waals surface area contributed by atoms with E-state index in [0.29, 0.717) is 17.1 Å². The topological polar surface area (TPSA) is 134 Å². The maximum atomic E-state index is 13.2. The normalized spacial score (nSPS) is 12.1. The number of aromatic nitrogens is 1. The summed E-state index contributed by atoms with van der Waals surface area (Å²) < 4.78 is 10.1. The second-order valence-electron chi connectivity index (χ2n) is 8.60. The van der Waals surface area contributed by atoms with E-state index in [0.717, 1.165) is 0 Å². The number of aliphatic hydroxyl groups is 1. The zero-order valence-corrected chi connectivity index (χ0v) is 19.7. The van der Waals surface area contributed by atoms with Gasteiger partial charge in [-0.05, 0) is 45.4 Å². The molecule has 0 unspecified atom stereocenters. The van der Waals surface area contributed by atoms with E-state index < -0.39 is 29.3 Å². The van der Waals surface area contributed by atoms with Gasteiger partial charge in [0.1, 0.15) is 17.6 Å². The highest BCUT2D eigenvalue weighted by molar-refractivity contribution is 5.94. The minimum Gasteiger partial charge on any atom is -0.497 e. The Bertz CT molecular complexity index is 949. The summed E-state index contributed by atoms with van der Waals surface area (Å²) in [5, 5.41) is 18.8. The predicted octanol–water partition coefficient (Wildman–Crippen LogP) is 2.19. The second kappa shape index (κ2) is 11.5. The van der Waals surface area contributed by atoms with E-state index in [2.05, 4.69) is 15.8 Å². The van der Waals surface area contributed by atoms with Gasteiger partial charge in [0.15, 0.2) is 5.82 Å². The van der Waals surface area contributed by atoms with E-state index in [4.69, 9.17) is 9.26 Å². The van der Waals surface area contributed by atoms with Crippen LogP contribution in [-0.4, -0.2) is 58.7 Å². The van der Waals surface area contributed by atoms with E-state index in [9.17, 15) is 19.5 Å². The van der Waals surface area contributed by atoms with Gasteiger partial charge in [0.05, 0.1) is 13.7 Å². The maximum Gasteiger partial charge on any atom is 0.247 e. The Morgan fingerprint density at radius 3 is 2.36 bits per heavy atom. The van der Waals surface area contributed by atoms with Gasteiger partial charge in [0.25, 0.3) is 0 Å². The quantitative estimate of drug-likeness (QED) is 0.495. The summed E-state index contributed by atoms with van der Waals surface area (Å²) in [5.74, 6) is 0.159. The highest BCUT2D eigenvalue weighted by atomic mass is 16.5. The molecule has 0 radical (unpaired) electrons. The van der Waals surface area contributed by atoms with E-state index in [1.807, 2.05) is 20.8 Å². The van der Waals surface area contributed by atoms with Crippen LogP contribution in [0.5, 0.6) is 5.75 Å². The lowest BCUT2D eigenvalue weighted by atomic mass is 10.0. The first-order valence-corrected chi connectivity index (χ1v) is 10.6. The number of amides is 3. The van der Waals surface area contributed by atoms with Gasteiger partial charge in [0.2, 0.25) is 17.7 Å². The van der Waals surface area contributed by atoms with Gasteiger partial charge < -0.3 is 29.9 Å². The fraction of sp³-hybridized carbons (Fsp3) is 0.478. The summed E-state index contributed by atoms with van der Waals surface area (Å²) in [6.07, 6.45) is -0.277. The van der Waals surface area contributed by atoms with Crippen molar-refractivity contribution in [3.05, 3.63) is 41.7 Å². The molecule has 180 valence electrons. The summed E-state index contributed by atoms with van der Waals surface area (Å²) in [5.41, 5.74) is 0.0209. The first-order valence-electron chi connectivity index (χ1n) is 10.6. The molecule has 1 aromatic heterocycles. The van der Waals surface area contributed by atoms with Gasteiger partial charge in [-0.1, -0.05) is 17.3 Å². The first-order chi connectivity index (χ1) is 15.5. The van der Waals surface area contributed by atoms with Crippen molar-refractivity contribution in [3.8, 4) is 5.75 Å². The molecule has 1 atom stereocenters. The molecule has 2 rings (SSSR count). The van der Waals surface area contributed by atoms with Crippen LogP contribution in [0.2, 0.25) is 0 Å². The number of nitrogens with one attached hydrogen (secondary N) is 2. The first kappa shape index (κ1) is 25.9. The molecule has 0 saturated heterocycles. The molecule has 1 heterocycles. The standard InChI is InChI=1S/C23H32N4O6/c1-15-14-18(26-33-15)24-19(29)10-11-20(30)27(12-13-28)21(22(31)25-23(2,3)4)16-6-8-17(32-5)9-7-16/h6-9,14,21,28H,10-13H2,1-5H3,(H,25,31)(H,24,26,29)/t21-/m0/s1. The molecule has 33 heavy (non-hydrogen) atoms. The zero-order valence-electron chi connectivity index (χ0n) is 19.7. The molecule has 0 aliphatic carbocycles. The number of aryl methyl sites for hydroxylation is 1. The largest absolute Gasteiger partial charge is 0.497 e. The van der Waals surface area contributed by atoms with Crippen LogP contribution in [0.3, 0.4) is 0 Å². The highest BCUT2D eigenvalue weighted by Gasteiger charge is 2.33. The Labute approximate surface area is 193 Å². The number of nitrogens with zero attached hydrogens (tertiary/aromatic N) is 2. The number of ether oxygens (including phenoxy) is 1. The Kier molecular flexibility index (Phi) is 8.98. The average Bonchev–Trinajstić information content (AvgIpc) is 3.15. The van der Waals surface area contributed by atoms with Crippen molar-refractivity contribution < 1.29 is 28.8 Å². The molecule has 0 aliphatic rings. The summed E-state index contributed by atoms with van der Waals surface area (Å²) in [7, 11) is 1.53. The molecular formula is C23H32N4O6. The number of anilines is 1. The predicted molar refractivity (Wildman–Crippen MR) is 122 cm³/mol. The molecule has 3 amide bonds. The van der Waals surface area contributed by atoms with Crippen LogP contribution >= 0.6 is 0 Å². The maximum absolute atomic E-state index is 13.2. The number of hydrogen-bond acceptors (Lipinski definition) is 7. The van der Waals surface area contributed by atoms with E-state index in [1.54, 1.807) is 37.3 Å². The van der Waals surface area contributed by atoms with Gasteiger partial charge in [-0.15, -0.1) is 0 Å². The molecule has 10 nitrogen and oxygen atoms in total. The van der Waals surface area contributed by atoms with Gasteiger partial charge in [-0.2, -0.15) is 0 Å². The van der Waals surface area contributed by atoms with Gasteiger partial charge in [-0.3, -0.25) is 14.4 Å². The third-order valence-electron chi connectivity index (χ3n) is 4.61. The van der Waals surface area contributed by atoms with Crippen LogP contribution in [0.15, 0.2) is 34.9 Å². The lowest BCUT2D eigenvalue weighted by molar-refractivity contribution is -0.142. The Morgan fingerprint density at radius 2 is 1.85 bits per heavy atom. The van der Waals surface area contributed by atoms with Crippen molar-refractivity contribution in [1.29, 1.82) is 0 Å². The lowest BCUT2D eigenvalue weighted by Crippen LogP contribution is -2.50. The molecule has 10 heteroatoms. The highest BCUT2D eigenvalue weighted by Crippen LogP contribution is 2.25. The molecule has 0 spiro atoms. The van der Waals surface area contributed by atoms with E-state index in [1.165, 1.54) is 12.0 Å². The minimum atomic E-state index is -0.990. The van der Waals surface area contributed by atoms with E-state index in [-0.39, 0.29) is 31.8 Å². The Hall–Kier alpha value is -3.40. The third-order valence-corrected chi connectivity index (χ3v) is 4.61. The van der Waals surface area contributed by atoms with E-state index >= 15 is 0 Å². The van der Waals surface area contributed by atoms with Crippen LogP contribution in [0.25, 0.3) is 0 Å². The average molecular weight is 461 g/mol. The fourth-order valence-corrected chi connectivity index (χ4v) is 3.20. The van der Waals surface area contributed by atoms with Crippen LogP contribution < -0.4 is 15.4 Å². The SMILES string of the molecule is COc1ccc([C@@H](C(=O)NC(C)(C)C)N(CCO)C(=O)CCC(=O)Nc2cc(C)on2)cc1. The van der Waals surface area contributed by atoms with Crippen LogP contribution in [-0.2, 0) is 14.4 Å².